The summed E-state index contributed by atoms with van der Waals surface area (Å²) in [6, 6.07) is 1.16. The van der Waals surface area contributed by atoms with Gasteiger partial charge in [0.2, 0.25) is 0 Å². The fraction of sp³-hybridized carbons (Fsp3) is 0.500. The van der Waals surface area contributed by atoms with E-state index in [1.54, 1.807) is 0 Å². The molecule has 1 aromatic carbocycles. The van der Waals surface area contributed by atoms with Crippen LogP contribution in [0.15, 0.2) is 12.1 Å². The maximum atomic E-state index is 12.9. The van der Waals surface area contributed by atoms with Crippen LogP contribution < -0.4 is 5.32 Å². The summed E-state index contributed by atoms with van der Waals surface area (Å²) in [6.45, 7) is 0.656. The number of aromatic hydroxyl groups is 2. The molecule has 2 rings (SSSR count). The quantitative estimate of drug-likeness (QED) is 0.681. The van der Waals surface area contributed by atoms with Crippen LogP contribution in [0, 0.1) is 0 Å². The monoisotopic (exact) mass is 261 g/mol. The molecule has 0 amide bonds. The number of piperidine rings is 1. The molecule has 6 heteroatoms. The van der Waals surface area contributed by atoms with Crippen LogP contribution in [0.4, 0.5) is 13.2 Å². The van der Waals surface area contributed by atoms with Gasteiger partial charge in [-0.3, -0.25) is 0 Å². The first kappa shape index (κ1) is 13.0. The van der Waals surface area contributed by atoms with Crippen molar-refractivity contribution in [2.75, 3.05) is 6.54 Å². The molecule has 0 aliphatic carbocycles. The summed E-state index contributed by atoms with van der Waals surface area (Å²) in [7, 11) is 0. The van der Waals surface area contributed by atoms with Crippen LogP contribution in [0.2, 0.25) is 0 Å². The van der Waals surface area contributed by atoms with E-state index in [1.165, 1.54) is 0 Å². The van der Waals surface area contributed by atoms with Gasteiger partial charge in [-0.1, -0.05) is 6.42 Å². The smallest absolute Gasteiger partial charge is 0.416 e. The van der Waals surface area contributed by atoms with Crippen LogP contribution in [0.25, 0.3) is 0 Å². The summed E-state index contributed by atoms with van der Waals surface area (Å²) in [5.41, 5.74) is -0.894. The SMILES string of the molecule is Oc1cc(C2CCCCN2)c(C(F)(F)F)cc1O. The summed E-state index contributed by atoms with van der Waals surface area (Å²) in [5, 5.41) is 21.6. The molecule has 1 aromatic rings. The topological polar surface area (TPSA) is 52.5 Å². The Morgan fingerprint density at radius 1 is 1.11 bits per heavy atom. The Kier molecular flexibility index (Phi) is 3.38. The number of nitrogens with one attached hydrogen (secondary N) is 1. The largest absolute Gasteiger partial charge is 0.504 e. The molecule has 0 radical (unpaired) electrons. The van der Waals surface area contributed by atoms with Gasteiger partial charge in [0.1, 0.15) is 0 Å². The molecule has 3 N–H and O–H groups in total. The lowest BCUT2D eigenvalue weighted by atomic mass is 9.93. The molecule has 1 unspecified atom stereocenters. The van der Waals surface area contributed by atoms with Crippen molar-refractivity contribution in [2.45, 2.75) is 31.5 Å². The third-order valence-electron chi connectivity index (χ3n) is 3.14. The first-order chi connectivity index (χ1) is 8.39. The van der Waals surface area contributed by atoms with Gasteiger partial charge in [0.15, 0.2) is 11.5 Å². The van der Waals surface area contributed by atoms with Crippen molar-refractivity contribution >= 4 is 0 Å². The van der Waals surface area contributed by atoms with Gasteiger partial charge in [-0.15, -0.1) is 0 Å². The number of halogens is 3. The Hall–Kier alpha value is -1.43. The summed E-state index contributed by atoms with van der Waals surface area (Å²) in [5.74, 6) is -1.27. The molecule has 0 bridgehead atoms. The van der Waals surface area contributed by atoms with Gasteiger partial charge in [-0.05, 0) is 37.1 Å². The molecule has 1 fully saturated rings. The molecule has 100 valence electrons. The van der Waals surface area contributed by atoms with E-state index >= 15 is 0 Å². The third kappa shape index (κ3) is 2.53. The first-order valence-electron chi connectivity index (χ1n) is 5.76. The highest BCUT2D eigenvalue weighted by atomic mass is 19.4. The van der Waals surface area contributed by atoms with Gasteiger partial charge >= 0.3 is 6.18 Å². The van der Waals surface area contributed by atoms with Gasteiger partial charge < -0.3 is 15.5 Å². The number of phenols is 2. The Morgan fingerprint density at radius 2 is 1.78 bits per heavy atom. The molecule has 1 heterocycles. The van der Waals surface area contributed by atoms with E-state index in [0.29, 0.717) is 19.0 Å². The highest BCUT2D eigenvalue weighted by molar-refractivity contribution is 5.48. The van der Waals surface area contributed by atoms with Gasteiger partial charge in [-0.25, -0.2) is 0 Å². The van der Waals surface area contributed by atoms with Crippen molar-refractivity contribution < 1.29 is 23.4 Å². The molecule has 1 atom stereocenters. The van der Waals surface area contributed by atoms with Crippen LogP contribution in [0.1, 0.15) is 36.4 Å². The molecular weight excluding hydrogens is 247 g/mol. The first-order valence-corrected chi connectivity index (χ1v) is 5.76. The maximum Gasteiger partial charge on any atom is 0.416 e. The average molecular weight is 261 g/mol. The van der Waals surface area contributed by atoms with E-state index in [1.807, 2.05) is 0 Å². The second kappa shape index (κ2) is 4.68. The number of alkyl halides is 3. The van der Waals surface area contributed by atoms with Crippen LogP contribution in [-0.4, -0.2) is 16.8 Å². The lowest BCUT2D eigenvalue weighted by Crippen LogP contribution is -2.28. The molecule has 0 aromatic heterocycles. The summed E-state index contributed by atoms with van der Waals surface area (Å²) in [6.07, 6.45) is -2.18. The average Bonchev–Trinajstić information content (AvgIpc) is 2.32. The van der Waals surface area contributed by atoms with Gasteiger partial charge in [0.25, 0.3) is 0 Å². The van der Waals surface area contributed by atoms with Gasteiger partial charge in [0, 0.05) is 6.04 Å². The van der Waals surface area contributed by atoms with Crippen molar-refractivity contribution in [2.24, 2.45) is 0 Å². The van der Waals surface area contributed by atoms with Crippen molar-refractivity contribution in [3.63, 3.8) is 0 Å². The van der Waals surface area contributed by atoms with E-state index in [4.69, 9.17) is 0 Å². The second-order valence-electron chi connectivity index (χ2n) is 4.43. The highest BCUT2D eigenvalue weighted by Gasteiger charge is 2.36. The number of benzene rings is 1. The zero-order valence-corrected chi connectivity index (χ0v) is 9.59. The normalized spacial score (nSPS) is 20.9. The van der Waals surface area contributed by atoms with Crippen LogP contribution in [0.3, 0.4) is 0 Å². The fourth-order valence-corrected chi connectivity index (χ4v) is 2.24. The number of hydrogen-bond acceptors (Lipinski definition) is 3. The highest BCUT2D eigenvalue weighted by Crippen LogP contribution is 2.41. The number of rotatable bonds is 1. The zero-order chi connectivity index (χ0) is 13.3. The molecule has 0 spiro atoms. The second-order valence-corrected chi connectivity index (χ2v) is 4.43. The Balaban J connectivity index is 2.46. The fourth-order valence-electron chi connectivity index (χ4n) is 2.24. The van der Waals surface area contributed by atoms with Crippen LogP contribution >= 0.6 is 0 Å². The predicted octanol–water partition coefficient (Wildman–Crippen LogP) is 2.93. The molecule has 1 aliphatic heterocycles. The summed E-state index contributed by atoms with van der Waals surface area (Å²) in [4.78, 5) is 0. The minimum Gasteiger partial charge on any atom is -0.504 e. The zero-order valence-electron chi connectivity index (χ0n) is 9.59. The lowest BCUT2D eigenvalue weighted by molar-refractivity contribution is -0.138. The van der Waals surface area contributed by atoms with E-state index in [9.17, 15) is 23.4 Å². The van der Waals surface area contributed by atoms with E-state index < -0.39 is 29.3 Å². The molecule has 0 saturated carbocycles. The third-order valence-corrected chi connectivity index (χ3v) is 3.14. The summed E-state index contributed by atoms with van der Waals surface area (Å²) < 4.78 is 38.7. The van der Waals surface area contributed by atoms with E-state index in [0.717, 1.165) is 18.9 Å². The van der Waals surface area contributed by atoms with E-state index in [-0.39, 0.29) is 5.56 Å². The molecule has 1 saturated heterocycles. The van der Waals surface area contributed by atoms with Crippen molar-refractivity contribution in [1.29, 1.82) is 0 Å². The molecule has 1 aliphatic rings. The van der Waals surface area contributed by atoms with Crippen molar-refractivity contribution in [1.82, 2.24) is 5.32 Å². The van der Waals surface area contributed by atoms with Crippen LogP contribution in [-0.2, 0) is 6.18 Å². The lowest BCUT2D eigenvalue weighted by Gasteiger charge is -2.26. The minimum atomic E-state index is -4.54. The number of hydrogen-bond donors (Lipinski definition) is 3. The standard InChI is InChI=1S/C12H14F3NO2/c13-12(14,15)8-6-11(18)10(17)5-7(8)9-3-1-2-4-16-9/h5-6,9,16-18H,1-4H2. The van der Waals surface area contributed by atoms with Crippen LogP contribution in [0.5, 0.6) is 11.5 Å². The van der Waals surface area contributed by atoms with Crippen molar-refractivity contribution in [3.8, 4) is 11.5 Å². The van der Waals surface area contributed by atoms with Gasteiger partial charge in [-0.2, -0.15) is 13.2 Å². The molecule has 3 nitrogen and oxygen atoms in total. The number of phenolic OH excluding ortho intramolecular Hbond substituents is 2. The summed E-state index contributed by atoms with van der Waals surface area (Å²) >= 11 is 0. The Bertz CT molecular complexity index is 440. The van der Waals surface area contributed by atoms with Gasteiger partial charge in [0.05, 0.1) is 5.56 Å². The minimum absolute atomic E-state index is 0.00231. The van der Waals surface area contributed by atoms with E-state index in [2.05, 4.69) is 5.32 Å². The Labute approximate surface area is 102 Å². The molecule has 18 heavy (non-hydrogen) atoms. The Morgan fingerprint density at radius 3 is 2.33 bits per heavy atom. The molecular formula is C12H14F3NO2. The maximum absolute atomic E-state index is 12.9. The van der Waals surface area contributed by atoms with Crippen molar-refractivity contribution in [3.05, 3.63) is 23.3 Å². The predicted molar refractivity (Wildman–Crippen MR) is 59.4 cm³/mol.